The molecule has 0 bridgehead atoms. The first-order valence-corrected chi connectivity index (χ1v) is 11.9. The van der Waals surface area contributed by atoms with E-state index in [0.29, 0.717) is 5.92 Å². The van der Waals surface area contributed by atoms with Crippen LogP contribution in [0.2, 0.25) is 0 Å². The number of carboxylic acid groups (broad SMARTS) is 2. The summed E-state index contributed by atoms with van der Waals surface area (Å²) in [7, 11) is 2.06. The number of aromatic nitrogens is 2. The van der Waals surface area contributed by atoms with Gasteiger partial charge in [0.25, 0.3) is 0 Å². The lowest BCUT2D eigenvalue weighted by molar-refractivity contribution is -0.193. The highest BCUT2D eigenvalue weighted by Crippen LogP contribution is 2.32. The second-order valence-electron chi connectivity index (χ2n) is 8.65. The molecule has 0 aromatic carbocycles. The number of aryl methyl sites for hydroxylation is 2. The highest BCUT2D eigenvalue weighted by Gasteiger charge is 2.39. The van der Waals surface area contributed by atoms with Crippen LogP contribution in [0.3, 0.4) is 0 Å². The zero-order valence-corrected chi connectivity index (χ0v) is 20.8. The van der Waals surface area contributed by atoms with E-state index in [9.17, 15) is 26.3 Å². The second-order valence-corrected chi connectivity index (χ2v) is 9.65. The lowest BCUT2D eigenvalue weighted by Gasteiger charge is -2.32. The Balaban J connectivity index is 0.000000286. The molecule has 1 atom stereocenters. The van der Waals surface area contributed by atoms with Crippen LogP contribution in [0.15, 0.2) is 17.6 Å². The number of thiophene rings is 1. The number of aliphatic carboxylic acids is 2. The molecule has 37 heavy (non-hydrogen) atoms. The summed E-state index contributed by atoms with van der Waals surface area (Å²) in [5.74, 6) is -4.23. The molecule has 15 heteroatoms. The van der Waals surface area contributed by atoms with E-state index < -0.39 is 24.3 Å². The lowest BCUT2D eigenvalue weighted by atomic mass is 9.95. The minimum absolute atomic E-state index is 0.450. The molecular weight excluding hydrogens is 532 g/mol. The molecule has 1 fully saturated rings. The lowest BCUT2D eigenvalue weighted by Crippen LogP contribution is -2.35. The number of ether oxygens (including phenoxy) is 1. The van der Waals surface area contributed by atoms with Crippen LogP contribution < -0.4 is 0 Å². The maximum Gasteiger partial charge on any atom is 0.490 e. The standard InChI is InChI=1S/C18H25N3OS.2C2HF3O2/c1-13-5-6-23-18(13)10-21-8-15(12-22-11-14-3-4-14)16-7-19-20(2)17(16)9-21;2*3-2(4,5)1(6)7/h5-7,14-15H,3-4,8-12H2,1-2H3;2*(H,6,7). The van der Waals surface area contributed by atoms with Crippen molar-refractivity contribution in [3.05, 3.63) is 39.3 Å². The monoisotopic (exact) mass is 559 g/mol. The molecule has 208 valence electrons. The highest BCUT2D eigenvalue weighted by molar-refractivity contribution is 7.10. The molecule has 2 aliphatic rings. The summed E-state index contributed by atoms with van der Waals surface area (Å²) in [5, 5.41) is 20.9. The molecule has 1 aliphatic carbocycles. The third-order valence-corrected chi connectivity index (χ3v) is 6.58. The van der Waals surface area contributed by atoms with Crippen molar-refractivity contribution in [2.24, 2.45) is 13.0 Å². The summed E-state index contributed by atoms with van der Waals surface area (Å²) >= 11 is 1.87. The first kappa shape index (κ1) is 30.6. The Hall–Kier alpha value is -2.65. The fraction of sp³-hybridized carbons (Fsp3) is 0.591. The van der Waals surface area contributed by atoms with Crippen molar-refractivity contribution in [2.45, 2.75) is 51.1 Å². The van der Waals surface area contributed by atoms with Crippen LogP contribution in [0.4, 0.5) is 26.3 Å². The number of halogens is 6. The number of fused-ring (bicyclic) bond motifs is 1. The molecule has 2 N–H and O–H groups in total. The van der Waals surface area contributed by atoms with Gasteiger partial charge < -0.3 is 14.9 Å². The van der Waals surface area contributed by atoms with Gasteiger partial charge in [0.05, 0.1) is 18.5 Å². The van der Waals surface area contributed by atoms with E-state index in [-0.39, 0.29) is 0 Å². The summed E-state index contributed by atoms with van der Waals surface area (Å²) in [4.78, 5) is 21.8. The van der Waals surface area contributed by atoms with Crippen molar-refractivity contribution in [1.82, 2.24) is 14.7 Å². The fourth-order valence-corrected chi connectivity index (χ4v) is 4.34. The van der Waals surface area contributed by atoms with Crippen LogP contribution in [0.25, 0.3) is 0 Å². The van der Waals surface area contributed by atoms with Gasteiger partial charge in [-0.05, 0) is 42.7 Å². The van der Waals surface area contributed by atoms with Crippen LogP contribution in [0.1, 0.15) is 40.5 Å². The first-order chi connectivity index (χ1) is 17.1. The van der Waals surface area contributed by atoms with E-state index in [0.717, 1.165) is 38.8 Å². The topological polar surface area (TPSA) is 105 Å². The predicted molar refractivity (Wildman–Crippen MR) is 120 cm³/mol. The maximum atomic E-state index is 10.6. The van der Waals surface area contributed by atoms with Gasteiger partial charge >= 0.3 is 24.3 Å². The minimum Gasteiger partial charge on any atom is -0.475 e. The van der Waals surface area contributed by atoms with Gasteiger partial charge in [-0.2, -0.15) is 31.4 Å². The van der Waals surface area contributed by atoms with Gasteiger partial charge in [-0.1, -0.05) is 0 Å². The molecule has 4 rings (SSSR count). The van der Waals surface area contributed by atoms with Crippen molar-refractivity contribution < 1.29 is 50.9 Å². The molecule has 2 aromatic heterocycles. The predicted octanol–water partition coefficient (Wildman–Crippen LogP) is 4.58. The molecule has 2 aromatic rings. The van der Waals surface area contributed by atoms with Gasteiger partial charge in [0, 0.05) is 49.6 Å². The van der Waals surface area contributed by atoms with Crippen molar-refractivity contribution in [3.63, 3.8) is 0 Å². The molecule has 0 amide bonds. The van der Waals surface area contributed by atoms with E-state index in [1.807, 2.05) is 22.2 Å². The summed E-state index contributed by atoms with van der Waals surface area (Å²) in [6, 6.07) is 2.22. The normalized spacial score (nSPS) is 17.7. The van der Waals surface area contributed by atoms with Gasteiger partial charge in [-0.25, -0.2) is 9.59 Å². The van der Waals surface area contributed by atoms with Gasteiger partial charge in [0.2, 0.25) is 0 Å². The summed E-state index contributed by atoms with van der Waals surface area (Å²) in [6.07, 6.45) is -5.41. The molecule has 1 aliphatic heterocycles. The van der Waals surface area contributed by atoms with E-state index in [1.165, 1.54) is 34.5 Å². The molecule has 8 nitrogen and oxygen atoms in total. The Morgan fingerprint density at radius 1 is 1.11 bits per heavy atom. The second kappa shape index (κ2) is 12.7. The zero-order chi connectivity index (χ0) is 28.0. The zero-order valence-electron chi connectivity index (χ0n) is 20.0. The number of carboxylic acids is 2. The largest absolute Gasteiger partial charge is 0.490 e. The van der Waals surface area contributed by atoms with Crippen LogP contribution in [0, 0.1) is 12.8 Å². The van der Waals surface area contributed by atoms with E-state index in [1.54, 1.807) is 0 Å². The SMILES string of the molecule is Cc1ccsc1CN1Cc2c(cnn2C)C(COCC2CC2)C1.O=C(O)C(F)(F)F.O=C(O)C(F)(F)F. The number of rotatable bonds is 6. The van der Waals surface area contributed by atoms with Crippen molar-refractivity contribution in [1.29, 1.82) is 0 Å². The maximum absolute atomic E-state index is 10.6. The Kier molecular flexibility index (Phi) is 10.5. The average molecular weight is 560 g/mol. The number of alkyl halides is 6. The Bertz CT molecular complexity index is 1020. The Morgan fingerprint density at radius 3 is 2.14 bits per heavy atom. The third-order valence-electron chi connectivity index (χ3n) is 5.58. The summed E-state index contributed by atoms with van der Waals surface area (Å²) in [6.45, 7) is 7.07. The molecule has 0 radical (unpaired) electrons. The van der Waals surface area contributed by atoms with Crippen molar-refractivity contribution in [3.8, 4) is 0 Å². The van der Waals surface area contributed by atoms with E-state index in [4.69, 9.17) is 24.5 Å². The third kappa shape index (κ3) is 9.97. The first-order valence-electron chi connectivity index (χ1n) is 11.0. The molecule has 1 unspecified atom stereocenters. The quantitative estimate of drug-likeness (QED) is 0.499. The number of carbonyl (C=O) groups is 2. The summed E-state index contributed by atoms with van der Waals surface area (Å²) < 4.78 is 71.5. The van der Waals surface area contributed by atoms with Gasteiger partial charge in [-0.15, -0.1) is 11.3 Å². The fourth-order valence-electron chi connectivity index (χ4n) is 3.39. The van der Waals surface area contributed by atoms with Crippen LogP contribution >= 0.6 is 11.3 Å². The van der Waals surface area contributed by atoms with E-state index in [2.05, 4.69) is 35.4 Å². The Labute approximate surface area is 212 Å². The summed E-state index contributed by atoms with van der Waals surface area (Å²) in [5.41, 5.74) is 4.15. The number of hydrogen-bond acceptors (Lipinski definition) is 6. The van der Waals surface area contributed by atoms with E-state index >= 15 is 0 Å². The molecule has 0 spiro atoms. The molecule has 3 heterocycles. The number of nitrogens with zero attached hydrogens (tertiary/aromatic N) is 3. The molecule has 1 saturated carbocycles. The number of hydrogen-bond donors (Lipinski definition) is 2. The molecular formula is C22H27F6N3O5S. The van der Waals surface area contributed by atoms with Crippen LogP contribution in [0.5, 0.6) is 0 Å². The Morgan fingerprint density at radius 2 is 1.68 bits per heavy atom. The van der Waals surface area contributed by atoms with Crippen LogP contribution in [-0.2, 0) is 34.5 Å². The van der Waals surface area contributed by atoms with Crippen molar-refractivity contribution in [2.75, 3.05) is 19.8 Å². The minimum atomic E-state index is -5.08. The van der Waals surface area contributed by atoms with Gasteiger partial charge in [0.1, 0.15) is 0 Å². The van der Waals surface area contributed by atoms with Crippen LogP contribution in [-0.4, -0.2) is 68.9 Å². The van der Waals surface area contributed by atoms with Gasteiger partial charge in [-0.3, -0.25) is 9.58 Å². The van der Waals surface area contributed by atoms with Gasteiger partial charge in [0.15, 0.2) is 0 Å². The molecule has 0 saturated heterocycles. The average Bonchev–Trinajstić information content (AvgIpc) is 3.41. The highest BCUT2D eigenvalue weighted by atomic mass is 32.1. The van der Waals surface area contributed by atoms with Crippen molar-refractivity contribution >= 4 is 23.3 Å². The smallest absolute Gasteiger partial charge is 0.475 e.